The molecule has 0 heterocycles. The molecule has 0 radical (unpaired) electrons. The molecular weight excluding hydrogens is 293 g/mol. The number of rotatable bonds is 7. The molecule has 1 aromatic carbocycles. The molecule has 0 bridgehead atoms. The first-order valence-electron chi connectivity index (χ1n) is 6.15. The van der Waals surface area contributed by atoms with Crippen LogP contribution in [0.5, 0.6) is 0 Å². The van der Waals surface area contributed by atoms with Gasteiger partial charge in [-0.2, -0.15) is 13.2 Å². The van der Waals surface area contributed by atoms with E-state index in [2.05, 4.69) is 10.0 Å². The molecule has 0 fully saturated rings. The smallest absolute Gasteiger partial charge is 0.315 e. The van der Waals surface area contributed by atoms with E-state index < -0.39 is 26.7 Å². The van der Waals surface area contributed by atoms with Gasteiger partial charge in [-0.25, -0.2) is 13.1 Å². The van der Waals surface area contributed by atoms with E-state index in [1.165, 1.54) is 6.07 Å². The molecule has 0 amide bonds. The highest BCUT2D eigenvalue weighted by atomic mass is 32.2. The summed E-state index contributed by atoms with van der Waals surface area (Å²) in [5.74, 6) is 0. The van der Waals surface area contributed by atoms with Gasteiger partial charge in [0, 0.05) is 13.1 Å². The summed E-state index contributed by atoms with van der Waals surface area (Å²) in [7, 11) is -4.17. The molecular formula is C12H17F3N2O2S. The largest absolute Gasteiger partial charge is 0.417 e. The summed E-state index contributed by atoms with van der Waals surface area (Å²) in [6, 6.07) is 4.12. The van der Waals surface area contributed by atoms with Gasteiger partial charge in [0.05, 0.1) is 10.5 Å². The molecule has 0 unspecified atom stereocenters. The van der Waals surface area contributed by atoms with E-state index in [0.29, 0.717) is 6.54 Å². The number of sulfonamides is 1. The van der Waals surface area contributed by atoms with E-state index in [9.17, 15) is 21.6 Å². The molecule has 0 aliphatic heterocycles. The summed E-state index contributed by atoms with van der Waals surface area (Å²) in [6.45, 7) is 3.08. The van der Waals surface area contributed by atoms with E-state index >= 15 is 0 Å². The molecule has 0 atom stereocenters. The molecule has 1 rings (SSSR count). The van der Waals surface area contributed by atoms with E-state index in [1.807, 2.05) is 6.92 Å². The van der Waals surface area contributed by atoms with Gasteiger partial charge in [-0.05, 0) is 25.1 Å². The normalized spacial score (nSPS) is 12.6. The summed E-state index contributed by atoms with van der Waals surface area (Å²) in [5.41, 5.74) is -1.16. The maximum Gasteiger partial charge on any atom is 0.417 e. The van der Waals surface area contributed by atoms with Gasteiger partial charge in [0.25, 0.3) is 0 Å². The Morgan fingerprint density at radius 1 is 1.10 bits per heavy atom. The lowest BCUT2D eigenvalue weighted by Gasteiger charge is -2.13. The van der Waals surface area contributed by atoms with Crippen molar-refractivity contribution in [2.45, 2.75) is 24.4 Å². The van der Waals surface area contributed by atoms with Crippen LogP contribution >= 0.6 is 0 Å². The molecule has 0 saturated carbocycles. The minimum absolute atomic E-state index is 0.0362. The topological polar surface area (TPSA) is 58.2 Å². The average Bonchev–Trinajstić information content (AvgIpc) is 2.37. The third kappa shape index (κ3) is 4.77. The molecule has 4 nitrogen and oxygen atoms in total. The maximum atomic E-state index is 12.8. The van der Waals surface area contributed by atoms with Gasteiger partial charge >= 0.3 is 6.18 Å². The third-order valence-electron chi connectivity index (χ3n) is 2.50. The molecule has 0 saturated heterocycles. The number of halogens is 3. The fourth-order valence-electron chi connectivity index (χ4n) is 1.59. The number of benzene rings is 1. The van der Waals surface area contributed by atoms with Crippen LogP contribution in [0.2, 0.25) is 0 Å². The van der Waals surface area contributed by atoms with Crippen molar-refractivity contribution in [1.29, 1.82) is 0 Å². The van der Waals surface area contributed by atoms with Crippen molar-refractivity contribution in [3.05, 3.63) is 29.8 Å². The minimum atomic E-state index is -4.70. The highest BCUT2D eigenvalue weighted by Gasteiger charge is 2.36. The van der Waals surface area contributed by atoms with Gasteiger partial charge in [0.2, 0.25) is 10.0 Å². The van der Waals surface area contributed by atoms with E-state index in [4.69, 9.17) is 0 Å². The zero-order valence-corrected chi connectivity index (χ0v) is 11.8. The second-order valence-corrected chi connectivity index (χ2v) is 5.88. The SMILES string of the molecule is CCCNCCNS(=O)(=O)c1ccccc1C(F)(F)F. The van der Waals surface area contributed by atoms with Gasteiger partial charge in [0.1, 0.15) is 0 Å². The van der Waals surface area contributed by atoms with Crippen molar-refractivity contribution in [2.24, 2.45) is 0 Å². The van der Waals surface area contributed by atoms with Crippen LogP contribution in [0, 0.1) is 0 Å². The van der Waals surface area contributed by atoms with Crippen LogP contribution in [0.1, 0.15) is 18.9 Å². The first-order valence-corrected chi connectivity index (χ1v) is 7.64. The highest BCUT2D eigenvalue weighted by molar-refractivity contribution is 7.89. The Kier molecular flexibility index (Phi) is 5.97. The Morgan fingerprint density at radius 2 is 1.75 bits per heavy atom. The van der Waals surface area contributed by atoms with Gasteiger partial charge in [-0.1, -0.05) is 19.1 Å². The molecule has 1 aromatic rings. The van der Waals surface area contributed by atoms with E-state index in [-0.39, 0.29) is 6.54 Å². The quantitative estimate of drug-likeness (QED) is 0.757. The highest BCUT2D eigenvalue weighted by Crippen LogP contribution is 2.33. The maximum absolute atomic E-state index is 12.8. The zero-order chi connectivity index (χ0) is 15.2. The van der Waals surface area contributed by atoms with Gasteiger partial charge < -0.3 is 5.32 Å². The van der Waals surface area contributed by atoms with Crippen LogP contribution in [0.3, 0.4) is 0 Å². The average molecular weight is 310 g/mol. The van der Waals surface area contributed by atoms with Gasteiger partial charge in [-0.3, -0.25) is 0 Å². The van der Waals surface area contributed by atoms with Crippen LogP contribution < -0.4 is 10.0 Å². The predicted molar refractivity (Wildman–Crippen MR) is 69.8 cm³/mol. The Balaban J connectivity index is 2.83. The van der Waals surface area contributed by atoms with Crippen LogP contribution in [0.4, 0.5) is 13.2 Å². The predicted octanol–water partition coefficient (Wildman–Crippen LogP) is 1.98. The first kappa shape index (κ1) is 16.9. The summed E-state index contributed by atoms with van der Waals surface area (Å²) in [5, 5.41) is 2.95. The lowest BCUT2D eigenvalue weighted by atomic mass is 10.2. The second kappa shape index (κ2) is 7.05. The zero-order valence-electron chi connectivity index (χ0n) is 11.0. The Hall–Kier alpha value is -1.12. The molecule has 0 aliphatic carbocycles. The van der Waals surface area contributed by atoms with Crippen molar-refractivity contribution in [3.63, 3.8) is 0 Å². The summed E-state index contributed by atoms with van der Waals surface area (Å²) in [6.07, 6.45) is -3.81. The van der Waals surface area contributed by atoms with Crippen LogP contribution in [0.25, 0.3) is 0 Å². The molecule has 114 valence electrons. The molecule has 0 spiro atoms. The van der Waals surface area contributed by atoms with Gasteiger partial charge in [0.15, 0.2) is 0 Å². The number of nitrogens with one attached hydrogen (secondary N) is 2. The first-order chi connectivity index (χ1) is 9.29. The molecule has 2 N–H and O–H groups in total. The fourth-order valence-corrected chi connectivity index (χ4v) is 2.85. The van der Waals surface area contributed by atoms with Gasteiger partial charge in [-0.15, -0.1) is 0 Å². The Labute approximate surface area is 116 Å². The van der Waals surface area contributed by atoms with Crippen molar-refractivity contribution < 1.29 is 21.6 Å². The molecule has 20 heavy (non-hydrogen) atoms. The number of alkyl halides is 3. The Morgan fingerprint density at radius 3 is 2.35 bits per heavy atom. The molecule has 0 aromatic heterocycles. The lowest BCUT2D eigenvalue weighted by molar-refractivity contribution is -0.139. The van der Waals surface area contributed by atoms with Crippen molar-refractivity contribution in [3.8, 4) is 0 Å². The number of hydrogen-bond acceptors (Lipinski definition) is 3. The molecule has 8 heteroatoms. The van der Waals surface area contributed by atoms with Crippen molar-refractivity contribution in [1.82, 2.24) is 10.0 Å². The number of hydrogen-bond donors (Lipinski definition) is 2. The molecule has 0 aliphatic rings. The fraction of sp³-hybridized carbons (Fsp3) is 0.500. The monoisotopic (exact) mass is 310 g/mol. The van der Waals surface area contributed by atoms with Crippen LogP contribution in [-0.4, -0.2) is 28.1 Å². The summed E-state index contributed by atoms with van der Waals surface area (Å²) < 4.78 is 64.2. The second-order valence-electron chi connectivity index (χ2n) is 4.14. The van der Waals surface area contributed by atoms with Crippen molar-refractivity contribution in [2.75, 3.05) is 19.6 Å². The minimum Gasteiger partial charge on any atom is -0.315 e. The Bertz CT molecular complexity index is 530. The van der Waals surface area contributed by atoms with E-state index in [0.717, 1.165) is 31.2 Å². The van der Waals surface area contributed by atoms with Crippen molar-refractivity contribution >= 4 is 10.0 Å². The standard InChI is InChI=1S/C12H17F3N2O2S/c1-2-7-16-8-9-17-20(18,19)11-6-4-3-5-10(11)12(13,14)15/h3-6,16-17H,2,7-9H2,1H3. The van der Waals surface area contributed by atoms with Crippen LogP contribution in [-0.2, 0) is 16.2 Å². The van der Waals surface area contributed by atoms with E-state index in [1.54, 1.807) is 0 Å². The third-order valence-corrected chi connectivity index (χ3v) is 4.02. The summed E-state index contributed by atoms with van der Waals surface area (Å²) in [4.78, 5) is -0.747. The lowest BCUT2D eigenvalue weighted by Crippen LogP contribution is -2.33. The van der Waals surface area contributed by atoms with Crippen LogP contribution in [0.15, 0.2) is 29.2 Å². The summed E-state index contributed by atoms with van der Waals surface area (Å²) >= 11 is 0.